The van der Waals surface area contributed by atoms with Gasteiger partial charge in [0.2, 0.25) is 5.91 Å². The summed E-state index contributed by atoms with van der Waals surface area (Å²) in [5.74, 6) is -0.225. The maximum absolute atomic E-state index is 12.8. The molecule has 3 rings (SSSR count). The van der Waals surface area contributed by atoms with Crippen molar-refractivity contribution >= 4 is 52.3 Å². The van der Waals surface area contributed by atoms with E-state index in [0.29, 0.717) is 55.0 Å². The molecule has 1 aromatic rings. The molecule has 2 fully saturated rings. The van der Waals surface area contributed by atoms with Crippen LogP contribution in [0, 0.1) is 0 Å². The van der Waals surface area contributed by atoms with Gasteiger partial charge in [-0.05, 0) is 37.0 Å². The van der Waals surface area contributed by atoms with Gasteiger partial charge < -0.3 is 9.64 Å². The highest BCUT2D eigenvalue weighted by molar-refractivity contribution is 8.26. The van der Waals surface area contributed by atoms with Gasteiger partial charge in [0.1, 0.15) is 4.32 Å². The van der Waals surface area contributed by atoms with Crippen LogP contribution < -0.4 is 5.43 Å². The fourth-order valence-corrected chi connectivity index (χ4v) is 4.85. The minimum absolute atomic E-state index is 0.111. The lowest BCUT2D eigenvalue weighted by molar-refractivity contribution is -0.127. The molecule has 8 nitrogen and oxygen atoms in total. The molecule has 1 aromatic carbocycles. The lowest BCUT2D eigenvalue weighted by Gasteiger charge is -2.34. The van der Waals surface area contributed by atoms with E-state index in [0.717, 1.165) is 12.0 Å². The molecule has 2 aliphatic rings. The lowest BCUT2D eigenvalue weighted by Crippen LogP contribution is -2.54. The van der Waals surface area contributed by atoms with Crippen LogP contribution in [-0.4, -0.2) is 76.4 Å². The molecule has 178 valence electrons. The van der Waals surface area contributed by atoms with Crippen molar-refractivity contribution in [3.05, 3.63) is 40.3 Å². The number of piperazine rings is 1. The number of hydrazine groups is 1. The van der Waals surface area contributed by atoms with Crippen molar-refractivity contribution < 1.29 is 19.1 Å². The average Bonchev–Trinajstić information content (AvgIpc) is 3.07. The van der Waals surface area contributed by atoms with Crippen molar-refractivity contribution in [1.82, 2.24) is 20.2 Å². The first-order valence-corrected chi connectivity index (χ1v) is 12.4. The number of carbonyl (C=O) groups excluding carboxylic acids is 3. The first kappa shape index (κ1) is 25.2. The van der Waals surface area contributed by atoms with Gasteiger partial charge in [-0.25, -0.2) is 9.80 Å². The van der Waals surface area contributed by atoms with E-state index in [-0.39, 0.29) is 24.3 Å². The summed E-state index contributed by atoms with van der Waals surface area (Å²) in [6.45, 7) is 6.73. The summed E-state index contributed by atoms with van der Waals surface area (Å²) >= 11 is 6.68. The zero-order chi connectivity index (χ0) is 23.8. The van der Waals surface area contributed by atoms with E-state index < -0.39 is 0 Å². The van der Waals surface area contributed by atoms with Crippen molar-refractivity contribution in [2.45, 2.75) is 33.1 Å². The monoisotopic (exact) mass is 490 g/mol. The van der Waals surface area contributed by atoms with Crippen LogP contribution in [0.5, 0.6) is 0 Å². The van der Waals surface area contributed by atoms with Gasteiger partial charge in [-0.15, -0.1) is 0 Å². The van der Waals surface area contributed by atoms with Crippen molar-refractivity contribution in [3.63, 3.8) is 0 Å². The molecule has 10 heteroatoms. The Morgan fingerprint density at radius 3 is 2.48 bits per heavy atom. The van der Waals surface area contributed by atoms with Gasteiger partial charge in [-0.2, -0.15) is 0 Å². The molecule has 0 spiro atoms. The molecular formula is C23H30N4O4S2. The fraction of sp³-hybridized carbons (Fsp3) is 0.478. The third-order valence-corrected chi connectivity index (χ3v) is 6.81. The number of aryl methyl sites for hydroxylation is 1. The van der Waals surface area contributed by atoms with Crippen LogP contribution in [0.3, 0.4) is 0 Å². The van der Waals surface area contributed by atoms with Gasteiger partial charge in [-0.1, -0.05) is 55.2 Å². The normalized spacial score (nSPS) is 18.2. The third-order valence-electron chi connectivity index (χ3n) is 5.43. The Bertz CT molecular complexity index is 912. The number of amides is 3. The number of hydrogen-bond acceptors (Lipinski definition) is 7. The Labute approximate surface area is 204 Å². The Kier molecular flexibility index (Phi) is 9.28. The molecule has 33 heavy (non-hydrogen) atoms. The highest BCUT2D eigenvalue weighted by Gasteiger charge is 2.31. The summed E-state index contributed by atoms with van der Waals surface area (Å²) in [5.41, 5.74) is 5.09. The summed E-state index contributed by atoms with van der Waals surface area (Å²) in [6.07, 6.45) is 3.31. The molecule has 0 unspecified atom stereocenters. The van der Waals surface area contributed by atoms with E-state index in [4.69, 9.17) is 17.0 Å². The van der Waals surface area contributed by atoms with Crippen LogP contribution in [0.15, 0.2) is 29.2 Å². The summed E-state index contributed by atoms with van der Waals surface area (Å²) in [4.78, 5) is 40.6. The number of nitrogens with zero attached hydrogens (tertiary/aromatic N) is 3. The van der Waals surface area contributed by atoms with Crippen LogP contribution in [-0.2, 0) is 20.7 Å². The number of benzene rings is 1. The molecular weight excluding hydrogens is 460 g/mol. The Morgan fingerprint density at radius 2 is 1.85 bits per heavy atom. The number of ether oxygens (including phenoxy) is 1. The number of nitrogens with one attached hydrogen (secondary N) is 1. The number of thiocarbonyl (C=S) groups is 1. The molecule has 2 saturated heterocycles. The van der Waals surface area contributed by atoms with E-state index in [1.54, 1.807) is 16.7 Å². The molecule has 3 amide bonds. The van der Waals surface area contributed by atoms with Crippen molar-refractivity contribution in [3.8, 4) is 0 Å². The smallest absolute Gasteiger partial charge is 0.409 e. The van der Waals surface area contributed by atoms with Gasteiger partial charge in [-0.3, -0.25) is 19.9 Å². The maximum atomic E-state index is 12.8. The second-order valence-corrected chi connectivity index (χ2v) is 9.42. The van der Waals surface area contributed by atoms with Gasteiger partial charge in [0.15, 0.2) is 0 Å². The summed E-state index contributed by atoms with van der Waals surface area (Å²) in [5, 5.41) is 1.81. The quantitative estimate of drug-likeness (QED) is 0.443. The SMILES string of the molecule is CCOC(=O)N1CCN(NC(=O)CCCN2C(=O)C(=Cc3ccc(CC)cc3)SC2=S)CC1. The number of rotatable bonds is 8. The first-order valence-electron chi connectivity index (χ1n) is 11.2. The predicted molar refractivity (Wildman–Crippen MR) is 133 cm³/mol. The third kappa shape index (κ3) is 7.02. The minimum atomic E-state index is -0.320. The van der Waals surface area contributed by atoms with E-state index in [1.807, 2.05) is 23.2 Å². The van der Waals surface area contributed by atoms with E-state index in [9.17, 15) is 14.4 Å². The molecule has 0 radical (unpaired) electrons. The highest BCUT2D eigenvalue weighted by atomic mass is 32.2. The first-order chi connectivity index (χ1) is 15.9. The molecule has 0 atom stereocenters. The van der Waals surface area contributed by atoms with E-state index in [1.165, 1.54) is 17.3 Å². The standard InChI is InChI=1S/C23H30N4O4S2/c1-3-17-7-9-18(10-8-17)16-19-21(29)27(23(32)33-19)11-5-6-20(28)24-26-14-12-25(13-15-26)22(30)31-4-2/h7-10,16H,3-6,11-15H2,1-2H3,(H,24,28). The van der Waals surface area contributed by atoms with Crippen LogP contribution in [0.4, 0.5) is 4.79 Å². The van der Waals surface area contributed by atoms with E-state index >= 15 is 0 Å². The predicted octanol–water partition coefficient (Wildman–Crippen LogP) is 3.04. The van der Waals surface area contributed by atoms with Crippen molar-refractivity contribution in [1.29, 1.82) is 0 Å². The second-order valence-electron chi connectivity index (χ2n) is 7.74. The van der Waals surface area contributed by atoms with Gasteiger partial charge >= 0.3 is 6.09 Å². The van der Waals surface area contributed by atoms with Gasteiger partial charge in [0.25, 0.3) is 5.91 Å². The van der Waals surface area contributed by atoms with Crippen molar-refractivity contribution in [2.24, 2.45) is 0 Å². The van der Waals surface area contributed by atoms with Crippen LogP contribution in [0.1, 0.15) is 37.8 Å². The largest absolute Gasteiger partial charge is 0.450 e. The number of hydrogen-bond donors (Lipinski definition) is 1. The molecule has 2 aliphatic heterocycles. The highest BCUT2D eigenvalue weighted by Crippen LogP contribution is 2.32. The molecule has 0 aliphatic carbocycles. The zero-order valence-electron chi connectivity index (χ0n) is 19.0. The molecule has 0 aromatic heterocycles. The fourth-order valence-electron chi connectivity index (χ4n) is 3.54. The van der Waals surface area contributed by atoms with E-state index in [2.05, 4.69) is 24.5 Å². The second kappa shape index (κ2) is 12.2. The zero-order valence-corrected chi connectivity index (χ0v) is 20.7. The van der Waals surface area contributed by atoms with Crippen LogP contribution >= 0.6 is 24.0 Å². The Balaban J connectivity index is 1.41. The topological polar surface area (TPSA) is 82.2 Å². The molecule has 1 N–H and O–H groups in total. The van der Waals surface area contributed by atoms with Crippen LogP contribution in [0.25, 0.3) is 6.08 Å². The summed E-state index contributed by atoms with van der Waals surface area (Å²) in [7, 11) is 0. The Hall–Kier alpha value is -2.43. The average molecular weight is 491 g/mol. The maximum Gasteiger partial charge on any atom is 0.409 e. The van der Waals surface area contributed by atoms with Gasteiger partial charge in [0.05, 0.1) is 11.5 Å². The molecule has 2 heterocycles. The van der Waals surface area contributed by atoms with Crippen LogP contribution in [0.2, 0.25) is 0 Å². The summed E-state index contributed by atoms with van der Waals surface area (Å²) in [6, 6.07) is 8.12. The molecule has 0 bridgehead atoms. The minimum Gasteiger partial charge on any atom is -0.450 e. The Morgan fingerprint density at radius 1 is 1.15 bits per heavy atom. The van der Waals surface area contributed by atoms with Crippen molar-refractivity contribution in [2.75, 3.05) is 39.3 Å². The lowest BCUT2D eigenvalue weighted by atomic mass is 10.1. The number of thioether (sulfide) groups is 1. The molecule has 0 saturated carbocycles. The van der Waals surface area contributed by atoms with Gasteiger partial charge in [0, 0.05) is 39.1 Å². The summed E-state index contributed by atoms with van der Waals surface area (Å²) < 4.78 is 5.52. The number of carbonyl (C=O) groups is 3.